The summed E-state index contributed by atoms with van der Waals surface area (Å²) in [6.45, 7) is 0.321. The van der Waals surface area contributed by atoms with Gasteiger partial charge in [-0.2, -0.15) is 0 Å². The van der Waals surface area contributed by atoms with Gasteiger partial charge in [-0.1, -0.05) is 47.5 Å². The first kappa shape index (κ1) is 18.8. The molecule has 0 saturated heterocycles. The van der Waals surface area contributed by atoms with Gasteiger partial charge in [-0.15, -0.1) is 0 Å². The highest BCUT2D eigenvalue weighted by Crippen LogP contribution is 2.36. The van der Waals surface area contributed by atoms with E-state index in [1.807, 2.05) is 36.5 Å². The van der Waals surface area contributed by atoms with Crippen molar-refractivity contribution >= 4 is 46.0 Å². The third-order valence-electron chi connectivity index (χ3n) is 4.94. The minimum atomic E-state index is -0.147. The number of aromatic nitrogens is 1. The number of hydrogen-bond acceptors (Lipinski definition) is 3. The number of aromatic amines is 1. The second kappa shape index (κ2) is 7.56. The molecular formula is C24H15Cl2NO3. The molecule has 1 aliphatic rings. The van der Waals surface area contributed by atoms with Gasteiger partial charge in [0.15, 0.2) is 5.76 Å². The summed E-state index contributed by atoms with van der Waals surface area (Å²) in [5, 5.41) is 2.01. The Kier molecular flexibility index (Phi) is 4.74. The normalized spacial score (nSPS) is 14.2. The third-order valence-corrected chi connectivity index (χ3v) is 5.68. The van der Waals surface area contributed by atoms with E-state index in [1.54, 1.807) is 36.4 Å². The van der Waals surface area contributed by atoms with Crippen molar-refractivity contribution in [2.75, 3.05) is 0 Å². The molecule has 4 nitrogen and oxygen atoms in total. The zero-order valence-corrected chi connectivity index (χ0v) is 17.1. The molecule has 1 aliphatic heterocycles. The van der Waals surface area contributed by atoms with Gasteiger partial charge in [0.2, 0.25) is 5.78 Å². The number of benzene rings is 3. The molecule has 0 bridgehead atoms. The molecule has 0 aliphatic carbocycles. The zero-order valence-electron chi connectivity index (χ0n) is 15.6. The van der Waals surface area contributed by atoms with Crippen LogP contribution < -0.4 is 9.47 Å². The van der Waals surface area contributed by atoms with Gasteiger partial charge in [0.1, 0.15) is 18.1 Å². The molecule has 0 unspecified atom stereocenters. The first-order valence-corrected chi connectivity index (χ1v) is 10.1. The van der Waals surface area contributed by atoms with E-state index in [0.717, 1.165) is 22.0 Å². The maximum atomic E-state index is 12.7. The summed E-state index contributed by atoms with van der Waals surface area (Å²) in [5.74, 6) is 1.22. The van der Waals surface area contributed by atoms with Gasteiger partial charge in [-0.25, -0.2) is 0 Å². The van der Waals surface area contributed by atoms with E-state index in [1.165, 1.54) is 0 Å². The monoisotopic (exact) mass is 435 g/mol. The minimum absolute atomic E-state index is 0.147. The van der Waals surface area contributed by atoms with Crippen molar-refractivity contribution in [3.63, 3.8) is 0 Å². The van der Waals surface area contributed by atoms with Crippen LogP contribution in [0.5, 0.6) is 11.5 Å². The van der Waals surface area contributed by atoms with E-state index in [2.05, 4.69) is 4.98 Å². The Hall–Kier alpha value is -3.21. The van der Waals surface area contributed by atoms with Gasteiger partial charge < -0.3 is 14.5 Å². The van der Waals surface area contributed by atoms with Gasteiger partial charge in [0.25, 0.3) is 0 Å². The summed E-state index contributed by atoms with van der Waals surface area (Å²) in [6, 6.07) is 18.5. The smallest absolute Gasteiger partial charge is 0.231 e. The van der Waals surface area contributed by atoms with Crippen molar-refractivity contribution in [2.24, 2.45) is 0 Å². The fourth-order valence-electron chi connectivity index (χ4n) is 3.41. The number of rotatable bonds is 4. The number of Topliss-reactive ketones (excluding diaryl/α,β-unsaturated/α-hetero) is 1. The highest BCUT2D eigenvalue weighted by Gasteiger charge is 2.28. The summed E-state index contributed by atoms with van der Waals surface area (Å²) in [7, 11) is 0. The summed E-state index contributed by atoms with van der Waals surface area (Å²) in [6.07, 6.45) is 3.63. The molecule has 6 heteroatoms. The van der Waals surface area contributed by atoms with Crippen LogP contribution in [0.2, 0.25) is 10.0 Å². The fourth-order valence-corrected chi connectivity index (χ4v) is 3.73. The van der Waals surface area contributed by atoms with E-state index in [9.17, 15) is 4.79 Å². The number of ether oxygens (including phenoxy) is 2. The van der Waals surface area contributed by atoms with Crippen LogP contribution in [0.4, 0.5) is 0 Å². The zero-order chi connectivity index (χ0) is 20.7. The Morgan fingerprint density at radius 1 is 1.00 bits per heavy atom. The Morgan fingerprint density at radius 3 is 2.73 bits per heavy atom. The number of allylic oxidation sites excluding steroid dienone is 1. The van der Waals surface area contributed by atoms with Crippen LogP contribution in [0.25, 0.3) is 17.0 Å². The van der Waals surface area contributed by atoms with E-state index >= 15 is 0 Å². The standard InChI is InChI=1S/C24H15Cl2NO3/c25-19-8-5-14(9-20(19)26)13-29-16-6-7-18-22(11-16)30-23(24(18)28)10-15-12-27-21-4-2-1-3-17(15)21/h1-12,27H,13H2. The van der Waals surface area contributed by atoms with E-state index in [-0.39, 0.29) is 11.5 Å². The van der Waals surface area contributed by atoms with Crippen molar-refractivity contribution in [3.8, 4) is 11.5 Å². The number of halogens is 2. The summed E-state index contributed by atoms with van der Waals surface area (Å²) in [4.78, 5) is 15.9. The predicted molar refractivity (Wildman–Crippen MR) is 118 cm³/mol. The van der Waals surface area contributed by atoms with Crippen LogP contribution in [0.1, 0.15) is 21.5 Å². The first-order valence-electron chi connectivity index (χ1n) is 9.29. The van der Waals surface area contributed by atoms with Gasteiger partial charge >= 0.3 is 0 Å². The topological polar surface area (TPSA) is 51.3 Å². The fraction of sp³-hybridized carbons (Fsp3) is 0.0417. The quantitative estimate of drug-likeness (QED) is 0.364. The summed E-state index contributed by atoms with van der Waals surface area (Å²) >= 11 is 12.0. The Morgan fingerprint density at radius 2 is 1.87 bits per heavy atom. The number of carbonyl (C=O) groups is 1. The summed E-state index contributed by atoms with van der Waals surface area (Å²) < 4.78 is 11.7. The molecule has 4 aromatic rings. The SMILES string of the molecule is O=C1C(=Cc2c[nH]c3ccccc23)Oc2cc(OCc3ccc(Cl)c(Cl)c3)ccc21. The van der Waals surface area contributed by atoms with Crippen molar-refractivity contribution in [1.82, 2.24) is 4.98 Å². The molecule has 0 fully saturated rings. The van der Waals surface area contributed by atoms with Crippen molar-refractivity contribution in [1.29, 1.82) is 0 Å². The summed E-state index contributed by atoms with van der Waals surface area (Å²) in [5.41, 5.74) is 3.31. The lowest BCUT2D eigenvalue weighted by Crippen LogP contribution is -1.97. The number of hydrogen-bond donors (Lipinski definition) is 1. The van der Waals surface area contributed by atoms with E-state index in [0.29, 0.717) is 33.7 Å². The van der Waals surface area contributed by atoms with Gasteiger partial charge in [0, 0.05) is 28.7 Å². The molecule has 0 spiro atoms. The Bertz CT molecular complexity index is 1320. The van der Waals surface area contributed by atoms with Crippen LogP contribution in [-0.4, -0.2) is 10.8 Å². The molecule has 2 heterocycles. The molecule has 148 valence electrons. The van der Waals surface area contributed by atoms with Crippen molar-refractivity contribution in [2.45, 2.75) is 6.61 Å². The van der Waals surface area contributed by atoms with Gasteiger partial charge in [-0.3, -0.25) is 4.79 Å². The van der Waals surface area contributed by atoms with Crippen LogP contribution in [-0.2, 0) is 6.61 Å². The number of H-pyrrole nitrogens is 1. The number of carbonyl (C=O) groups excluding carboxylic acids is 1. The molecule has 30 heavy (non-hydrogen) atoms. The predicted octanol–water partition coefficient (Wildman–Crippen LogP) is 6.67. The molecule has 1 aromatic heterocycles. The highest BCUT2D eigenvalue weighted by atomic mass is 35.5. The van der Waals surface area contributed by atoms with Crippen LogP contribution in [0.15, 0.2) is 72.6 Å². The average Bonchev–Trinajstić information content (AvgIpc) is 3.30. The highest BCUT2D eigenvalue weighted by molar-refractivity contribution is 6.42. The molecule has 0 saturated carbocycles. The molecule has 1 N–H and O–H groups in total. The van der Waals surface area contributed by atoms with Gasteiger partial charge in [0.05, 0.1) is 15.6 Å². The first-order chi connectivity index (χ1) is 14.6. The molecule has 0 amide bonds. The molecule has 5 rings (SSSR count). The van der Waals surface area contributed by atoms with Crippen molar-refractivity contribution < 1.29 is 14.3 Å². The maximum Gasteiger partial charge on any atom is 0.231 e. The molecule has 0 radical (unpaired) electrons. The molecule has 0 atom stereocenters. The number of para-hydroxylation sites is 1. The van der Waals surface area contributed by atoms with Crippen LogP contribution in [0, 0.1) is 0 Å². The lowest BCUT2D eigenvalue weighted by Gasteiger charge is -2.08. The largest absolute Gasteiger partial charge is 0.489 e. The maximum absolute atomic E-state index is 12.7. The van der Waals surface area contributed by atoms with E-state index in [4.69, 9.17) is 32.7 Å². The van der Waals surface area contributed by atoms with Gasteiger partial charge in [-0.05, 0) is 42.0 Å². The molecule has 3 aromatic carbocycles. The Balaban J connectivity index is 1.36. The second-order valence-electron chi connectivity index (χ2n) is 6.92. The number of fused-ring (bicyclic) bond motifs is 2. The third kappa shape index (κ3) is 3.45. The second-order valence-corrected chi connectivity index (χ2v) is 7.74. The van der Waals surface area contributed by atoms with Crippen molar-refractivity contribution in [3.05, 3.63) is 99.4 Å². The average molecular weight is 436 g/mol. The minimum Gasteiger partial charge on any atom is -0.489 e. The number of ketones is 1. The lowest BCUT2D eigenvalue weighted by molar-refractivity contribution is 0.101. The lowest BCUT2D eigenvalue weighted by atomic mass is 10.1. The van der Waals surface area contributed by atoms with Crippen LogP contribution >= 0.6 is 23.2 Å². The van der Waals surface area contributed by atoms with Crippen LogP contribution in [0.3, 0.4) is 0 Å². The van der Waals surface area contributed by atoms with E-state index < -0.39 is 0 Å². The number of nitrogens with one attached hydrogen (secondary N) is 1. The Labute approximate surface area is 182 Å². The molecular weight excluding hydrogens is 421 g/mol.